The van der Waals surface area contributed by atoms with E-state index in [4.69, 9.17) is 10.3 Å². The van der Waals surface area contributed by atoms with Crippen molar-refractivity contribution >= 4 is 11.0 Å². The molecule has 3 heteroatoms. The Morgan fingerprint density at radius 3 is 3.00 bits per heavy atom. The molecule has 1 aromatic heterocycles. The molecule has 0 aliphatic carbocycles. The highest BCUT2D eigenvalue weighted by atomic mass is 16.6. The van der Waals surface area contributed by atoms with Crippen LogP contribution < -0.4 is 10.7 Å². The zero-order valence-corrected chi connectivity index (χ0v) is 5.78. The number of fused-ring (bicyclic) bond motifs is 1. The molecule has 3 nitrogen and oxygen atoms in total. The van der Waals surface area contributed by atoms with Crippen LogP contribution in [-0.4, -0.2) is 0 Å². The average Bonchev–Trinajstić information content (AvgIpc) is 2.50. The fourth-order valence-corrected chi connectivity index (χ4v) is 1.01. The second-order valence-electron chi connectivity index (χ2n) is 2.24. The van der Waals surface area contributed by atoms with Crippen LogP contribution in [-0.2, 0) is 0 Å². The molecule has 0 bridgehead atoms. The van der Waals surface area contributed by atoms with Crippen molar-refractivity contribution in [2.24, 2.45) is 5.90 Å². The predicted molar refractivity (Wildman–Crippen MR) is 41.0 cm³/mol. The molecule has 56 valence electrons. The Morgan fingerprint density at radius 2 is 2.18 bits per heavy atom. The lowest BCUT2D eigenvalue weighted by Gasteiger charge is -1.95. The molecule has 2 aromatic rings. The highest BCUT2D eigenvalue weighted by molar-refractivity contribution is 5.78. The van der Waals surface area contributed by atoms with E-state index < -0.39 is 0 Å². The highest BCUT2D eigenvalue weighted by Crippen LogP contribution is 2.20. The molecule has 0 radical (unpaired) electrons. The van der Waals surface area contributed by atoms with Gasteiger partial charge >= 0.3 is 0 Å². The summed E-state index contributed by atoms with van der Waals surface area (Å²) in [6, 6.07) is 7.31. The Labute approximate surface area is 63.3 Å². The second-order valence-corrected chi connectivity index (χ2v) is 2.24. The van der Waals surface area contributed by atoms with Crippen molar-refractivity contribution < 1.29 is 9.25 Å². The highest BCUT2D eigenvalue weighted by Gasteiger charge is 1.97. The van der Waals surface area contributed by atoms with Gasteiger partial charge in [0.25, 0.3) is 0 Å². The van der Waals surface area contributed by atoms with Gasteiger partial charge in [-0.15, -0.1) is 0 Å². The van der Waals surface area contributed by atoms with Crippen LogP contribution in [0.4, 0.5) is 0 Å². The topological polar surface area (TPSA) is 48.4 Å². The summed E-state index contributed by atoms with van der Waals surface area (Å²) >= 11 is 0. The molecule has 0 saturated heterocycles. The lowest BCUT2D eigenvalue weighted by Crippen LogP contribution is -2.00. The van der Waals surface area contributed by atoms with Gasteiger partial charge in [0.15, 0.2) is 5.75 Å². The third-order valence-corrected chi connectivity index (χ3v) is 1.56. The Bertz CT molecular complexity index is 367. The van der Waals surface area contributed by atoms with Gasteiger partial charge in [0.2, 0.25) is 0 Å². The van der Waals surface area contributed by atoms with Crippen LogP contribution in [0.1, 0.15) is 0 Å². The van der Waals surface area contributed by atoms with Gasteiger partial charge in [-0.2, -0.15) is 5.90 Å². The summed E-state index contributed by atoms with van der Waals surface area (Å²) < 4.78 is 5.12. The Hall–Kier alpha value is -1.48. The molecule has 1 aromatic carbocycles. The van der Waals surface area contributed by atoms with Crippen molar-refractivity contribution in [1.82, 2.24) is 0 Å². The summed E-state index contributed by atoms with van der Waals surface area (Å²) in [7, 11) is 0. The molecule has 0 spiro atoms. The maximum atomic E-state index is 5.12. The third kappa shape index (κ3) is 0.951. The van der Waals surface area contributed by atoms with Gasteiger partial charge in [-0.25, -0.2) is 0 Å². The van der Waals surface area contributed by atoms with Gasteiger partial charge < -0.3 is 9.25 Å². The molecule has 2 rings (SSSR count). The molecule has 0 aliphatic heterocycles. The van der Waals surface area contributed by atoms with Crippen LogP contribution in [0.5, 0.6) is 5.75 Å². The molecule has 0 atom stereocenters. The van der Waals surface area contributed by atoms with E-state index in [0.717, 1.165) is 11.0 Å². The first-order valence-electron chi connectivity index (χ1n) is 3.24. The van der Waals surface area contributed by atoms with E-state index in [1.54, 1.807) is 18.4 Å². The predicted octanol–water partition coefficient (Wildman–Crippen LogP) is 1.69. The van der Waals surface area contributed by atoms with Crippen LogP contribution in [0.3, 0.4) is 0 Å². The number of hydrogen-bond donors (Lipinski definition) is 1. The van der Waals surface area contributed by atoms with E-state index in [1.807, 2.05) is 12.1 Å². The summed E-state index contributed by atoms with van der Waals surface area (Å²) in [5.41, 5.74) is 0.785. The normalized spacial score (nSPS) is 10.3. The van der Waals surface area contributed by atoms with Crippen LogP contribution in [0, 0.1) is 0 Å². The minimum Gasteiger partial charge on any atom is -0.464 e. The van der Waals surface area contributed by atoms with E-state index in [-0.39, 0.29) is 0 Å². The fraction of sp³-hybridized carbons (Fsp3) is 0. The molecule has 11 heavy (non-hydrogen) atoms. The number of rotatable bonds is 1. The lowest BCUT2D eigenvalue weighted by atomic mass is 10.2. The van der Waals surface area contributed by atoms with E-state index in [2.05, 4.69) is 4.84 Å². The molecule has 0 aliphatic rings. The summed E-state index contributed by atoms with van der Waals surface area (Å²) in [6.45, 7) is 0. The minimum absolute atomic E-state index is 0.604. The van der Waals surface area contributed by atoms with Crippen molar-refractivity contribution in [3.63, 3.8) is 0 Å². The molecule has 0 unspecified atom stereocenters. The zero-order chi connectivity index (χ0) is 7.68. The first kappa shape index (κ1) is 6.24. The first-order chi connectivity index (χ1) is 5.40. The molecule has 0 saturated carbocycles. The summed E-state index contributed by atoms with van der Waals surface area (Å²) in [6.07, 6.45) is 1.63. The summed E-state index contributed by atoms with van der Waals surface area (Å²) in [4.78, 5) is 4.53. The van der Waals surface area contributed by atoms with Gasteiger partial charge in [-0.05, 0) is 18.2 Å². The zero-order valence-electron chi connectivity index (χ0n) is 5.78. The summed E-state index contributed by atoms with van der Waals surface area (Å²) in [5, 5.41) is 1.05. The van der Waals surface area contributed by atoms with Gasteiger partial charge in [-0.3, -0.25) is 0 Å². The average molecular weight is 149 g/mol. The van der Waals surface area contributed by atoms with Gasteiger partial charge in [0.1, 0.15) is 5.58 Å². The van der Waals surface area contributed by atoms with E-state index in [1.165, 1.54) is 0 Å². The minimum atomic E-state index is 0.604. The molecular weight excluding hydrogens is 142 g/mol. The SMILES string of the molecule is NOc1ccc2ccoc2c1. The van der Waals surface area contributed by atoms with E-state index in [9.17, 15) is 0 Å². The number of furan rings is 1. The van der Waals surface area contributed by atoms with Crippen molar-refractivity contribution in [1.29, 1.82) is 0 Å². The second kappa shape index (κ2) is 2.29. The van der Waals surface area contributed by atoms with Crippen LogP contribution in [0.25, 0.3) is 11.0 Å². The fourth-order valence-electron chi connectivity index (χ4n) is 1.01. The van der Waals surface area contributed by atoms with Crippen LogP contribution in [0.2, 0.25) is 0 Å². The van der Waals surface area contributed by atoms with Gasteiger partial charge in [0, 0.05) is 11.5 Å². The Kier molecular flexibility index (Phi) is 1.30. The Balaban J connectivity index is 2.67. The quantitative estimate of drug-likeness (QED) is 0.627. The van der Waals surface area contributed by atoms with Crippen molar-refractivity contribution in [2.45, 2.75) is 0 Å². The van der Waals surface area contributed by atoms with Gasteiger partial charge in [-0.1, -0.05) is 0 Å². The molecule has 2 N–H and O–H groups in total. The monoisotopic (exact) mass is 149 g/mol. The standard InChI is InChI=1S/C8H7NO2/c9-11-7-2-1-6-3-4-10-8(6)5-7/h1-5H,9H2. The maximum absolute atomic E-state index is 5.12. The van der Waals surface area contributed by atoms with E-state index >= 15 is 0 Å². The maximum Gasteiger partial charge on any atom is 0.150 e. The summed E-state index contributed by atoms with van der Waals surface area (Å²) in [5.74, 6) is 5.57. The molecular formula is C8H7NO2. The number of benzene rings is 1. The number of nitrogens with two attached hydrogens (primary N) is 1. The van der Waals surface area contributed by atoms with Gasteiger partial charge in [0.05, 0.1) is 6.26 Å². The van der Waals surface area contributed by atoms with Crippen molar-refractivity contribution in [2.75, 3.05) is 0 Å². The van der Waals surface area contributed by atoms with Crippen LogP contribution >= 0.6 is 0 Å². The third-order valence-electron chi connectivity index (χ3n) is 1.56. The Morgan fingerprint density at radius 1 is 1.27 bits per heavy atom. The van der Waals surface area contributed by atoms with Crippen LogP contribution in [0.15, 0.2) is 34.9 Å². The van der Waals surface area contributed by atoms with Crippen molar-refractivity contribution in [3.8, 4) is 5.75 Å². The number of hydrogen-bond acceptors (Lipinski definition) is 3. The molecule has 1 heterocycles. The lowest BCUT2D eigenvalue weighted by molar-refractivity contribution is 0.334. The molecule has 0 amide bonds. The largest absolute Gasteiger partial charge is 0.464 e. The molecule has 0 fully saturated rings. The smallest absolute Gasteiger partial charge is 0.150 e. The first-order valence-corrected chi connectivity index (χ1v) is 3.24. The van der Waals surface area contributed by atoms with Crippen molar-refractivity contribution in [3.05, 3.63) is 30.5 Å². The van der Waals surface area contributed by atoms with E-state index in [0.29, 0.717) is 5.75 Å².